The van der Waals surface area contributed by atoms with Crippen LogP contribution in [0.2, 0.25) is 0 Å². The highest BCUT2D eigenvalue weighted by atomic mass is 16.5. The van der Waals surface area contributed by atoms with Gasteiger partial charge in [-0.25, -0.2) is 4.79 Å². The van der Waals surface area contributed by atoms with E-state index >= 15 is 0 Å². The Morgan fingerprint density at radius 1 is 1.07 bits per heavy atom. The number of imide groups is 1. The number of amides is 3. The number of ether oxygens (including phenoxy) is 2. The molecule has 7 nitrogen and oxygen atoms in total. The van der Waals surface area contributed by atoms with Crippen LogP contribution >= 0.6 is 0 Å². The van der Waals surface area contributed by atoms with Gasteiger partial charge in [-0.15, -0.1) is 0 Å². The van der Waals surface area contributed by atoms with Crippen LogP contribution in [0.1, 0.15) is 44.7 Å². The molecule has 0 bridgehead atoms. The number of carbonyl (C=O) groups is 2. The average Bonchev–Trinajstić information content (AvgIpc) is 2.63. The molecular formula is C20H31N3O4. The van der Waals surface area contributed by atoms with Crippen molar-refractivity contribution in [2.24, 2.45) is 0 Å². The first kappa shape index (κ1) is 21.0. The lowest BCUT2D eigenvalue weighted by molar-refractivity contribution is -0.121. The van der Waals surface area contributed by atoms with Crippen LogP contribution in [0.5, 0.6) is 11.5 Å². The SMILES string of the molecule is CCCCNC(=O)NC(=O)CN1CCc2cc(OCC)c(OCC)cc2C1. The van der Waals surface area contributed by atoms with Crippen LogP contribution in [0.4, 0.5) is 4.79 Å². The molecule has 0 aliphatic carbocycles. The Bertz CT molecular complexity index is 648. The monoisotopic (exact) mass is 377 g/mol. The summed E-state index contributed by atoms with van der Waals surface area (Å²) in [5.74, 6) is 1.22. The van der Waals surface area contributed by atoms with E-state index in [0.29, 0.717) is 26.3 Å². The Balaban J connectivity index is 1.94. The number of benzene rings is 1. The van der Waals surface area contributed by atoms with Gasteiger partial charge >= 0.3 is 6.03 Å². The lowest BCUT2D eigenvalue weighted by Gasteiger charge is -2.29. The van der Waals surface area contributed by atoms with Gasteiger partial charge in [-0.05, 0) is 49.9 Å². The van der Waals surface area contributed by atoms with Crippen LogP contribution in [0.25, 0.3) is 0 Å². The molecule has 27 heavy (non-hydrogen) atoms. The topological polar surface area (TPSA) is 79.9 Å². The summed E-state index contributed by atoms with van der Waals surface area (Å²) in [6.45, 7) is 9.28. The second-order valence-corrected chi connectivity index (χ2v) is 6.55. The summed E-state index contributed by atoms with van der Waals surface area (Å²) >= 11 is 0. The summed E-state index contributed by atoms with van der Waals surface area (Å²) in [7, 11) is 0. The van der Waals surface area contributed by atoms with Crippen LogP contribution < -0.4 is 20.1 Å². The lowest BCUT2D eigenvalue weighted by atomic mass is 9.99. The first-order valence-corrected chi connectivity index (χ1v) is 9.78. The van der Waals surface area contributed by atoms with Gasteiger partial charge in [0, 0.05) is 19.6 Å². The van der Waals surface area contributed by atoms with Gasteiger partial charge in [0.05, 0.1) is 19.8 Å². The average molecular weight is 377 g/mol. The highest BCUT2D eigenvalue weighted by Crippen LogP contribution is 2.33. The summed E-state index contributed by atoms with van der Waals surface area (Å²) in [6.07, 6.45) is 2.73. The van der Waals surface area contributed by atoms with Crippen LogP contribution in [-0.2, 0) is 17.8 Å². The Morgan fingerprint density at radius 3 is 2.37 bits per heavy atom. The number of rotatable bonds is 9. The third-order valence-corrected chi connectivity index (χ3v) is 4.39. The van der Waals surface area contributed by atoms with Crippen molar-refractivity contribution in [3.8, 4) is 11.5 Å². The summed E-state index contributed by atoms with van der Waals surface area (Å²) in [5, 5.41) is 5.08. The Morgan fingerprint density at radius 2 is 1.74 bits per heavy atom. The van der Waals surface area contributed by atoms with E-state index in [2.05, 4.69) is 10.6 Å². The van der Waals surface area contributed by atoms with Crippen molar-refractivity contribution in [3.05, 3.63) is 23.3 Å². The molecule has 0 atom stereocenters. The molecule has 2 rings (SSSR count). The van der Waals surface area contributed by atoms with Gasteiger partial charge in [0.1, 0.15) is 0 Å². The van der Waals surface area contributed by atoms with E-state index in [0.717, 1.165) is 42.9 Å². The van der Waals surface area contributed by atoms with Gasteiger partial charge in [-0.2, -0.15) is 0 Å². The number of unbranched alkanes of at least 4 members (excludes halogenated alkanes) is 1. The second kappa shape index (κ2) is 10.8. The number of hydrogen-bond acceptors (Lipinski definition) is 5. The number of nitrogens with one attached hydrogen (secondary N) is 2. The minimum absolute atomic E-state index is 0.192. The van der Waals surface area contributed by atoms with Crippen molar-refractivity contribution < 1.29 is 19.1 Å². The zero-order valence-electron chi connectivity index (χ0n) is 16.6. The van der Waals surface area contributed by atoms with E-state index in [1.54, 1.807) is 0 Å². The first-order valence-electron chi connectivity index (χ1n) is 9.78. The van der Waals surface area contributed by atoms with Crippen molar-refractivity contribution in [1.82, 2.24) is 15.5 Å². The van der Waals surface area contributed by atoms with Gasteiger partial charge in [0.15, 0.2) is 11.5 Å². The number of nitrogens with zero attached hydrogens (tertiary/aromatic N) is 1. The van der Waals surface area contributed by atoms with Crippen molar-refractivity contribution in [1.29, 1.82) is 0 Å². The third kappa shape index (κ3) is 6.43. The standard InChI is InChI=1S/C20H31N3O4/c1-4-7-9-21-20(25)22-19(24)14-23-10-8-15-11-17(26-5-2)18(27-6-3)12-16(15)13-23/h11-12H,4-10,13-14H2,1-3H3,(H2,21,22,24,25). The molecular weight excluding hydrogens is 346 g/mol. The highest BCUT2D eigenvalue weighted by Gasteiger charge is 2.22. The third-order valence-electron chi connectivity index (χ3n) is 4.39. The molecule has 0 unspecified atom stereocenters. The predicted octanol–water partition coefficient (Wildman–Crippen LogP) is 2.47. The lowest BCUT2D eigenvalue weighted by Crippen LogP contribution is -2.45. The zero-order chi connectivity index (χ0) is 19.6. The molecule has 2 N–H and O–H groups in total. The van der Waals surface area contributed by atoms with E-state index in [9.17, 15) is 9.59 Å². The molecule has 0 aromatic heterocycles. The van der Waals surface area contributed by atoms with Crippen LogP contribution in [-0.4, -0.2) is 49.7 Å². The highest BCUT2D eigenvalue weighted by molar-refractivity contribution is 5.95. The van der Waals surface area contributed by atoms with Crippen LogP contribution in [0.3, 0.4) is 0 Å². The molecule has 1 heterocycles. The van der Waals surface area contributed by atoms with Gasteiger partial charge in [0.25, 0.3) is 0 Å². The summed E-state index contributed by atoms with van der Waals surface area (Å²) in [5.41, 5.74) is 2.35. The number of carbonyl (C=O) groups excluding carboxylic acids is 2. The van der Waals surface area contributed by atoms with E-state index in [4.69, 9.17) is 9.47 Å². The second-order valence-electron chi connectivity index (χ2n) is 6.55. The maximum atomic E-state index is 12.1. The molecule has 1 aromatic rings. The van der Waals surface area contributed by atoms with Gasteiger partial charge in [-0.3, -0.25) is 15.0 Å². The quantitative estimate of drug-likeness (QED) is 0.646. The number of fused-ring (bicyclic) bond motifs is 1. The van der Waals surface area contributed by atoms with E-state index < -0.39 is 6.03 Å². The number of urea groups is 1. The molecule has 7 heteroatoms. The van der Waals surface area contributed by atoms with Gasteiger partial charge in [-0.1, -0.05) is 13.3 Å². The van der Waals surface area contributed by atoms with Crippen molar-refractivity contribution >= 4 is 11.9 Å². The van der Waals surface area contributed by atoms with Crippen LogP contribution in [0.15, 0.2) is 12.1 Å². The smallest absolute Gasteiger partial charge is 0.321 e. The molecule has 1 aliphatic rings. The van der Waals surface area contributed by atoms with E-state index in [1.165, 1.54) is 5.56 Å². The molecule has 1 aromatic carbocycles. The zero-order valence-corrected chi connectivity index (χ0v) is 16.6. The minimum Gasteiger partial charge on any atom is -0.490 e. The predicted molar refractivity (Wildman–Crippen MR) is 104 cm³/mol. The molecule has 0 fully saturated rings. The summed E-state index contributed by atoms with van der Waals surface area (Å²) in [4.78, 5) is 25.8. The number of hydrogen-bond donors (Lipinski definition) is 2. The van der Waals surface area contributed by atoms with Crippen LogP contribution in [0, 0.1) is 0 Å². The fourth-order valence-electron chi connectivity index (χ4n) is 3.09. The Kier molecular flexibility index (Phi) is 8.39. The van der Waals surface area contributed by atoms with Gasteiger partial charge < -0.3 is 14.8 Å². The summed E-state index contributed by atoms with van der Waals surface area (Å²) < 4.78 is 11.4. The largest absolute Gasteiger partial charge is 0.490 e. The molecule has 3 amide bonds. The maximum Gasteiger partial charge on any atom is 0.321 e. The molecule has 0 radical (unpaired) electrons. The van der Waals surface area contributed by atoms with E-state index in [-0.39, 0.29) is 12.5 Å². The normalized spacial score (nSPS) is 13.6. The van der Waals surface area contributed by atoms with Crippen molar-refractivity contribution in [2.45, 2.75) is 46.6 Å². The van der Waals surface area contributed by atoms with Crippen molar-refractivity contribution in [2.75, 3.05) is 32.8 Å². The van der Waals surface area contributed by atoms with Crippen molar-refractivity contribution in [3.63, 3.8) is 0 Å². The summed E-state index contributed by atoms with van der Waals surface area (Å²) in [6, 6.07) is 3.62. The molecule has 0 saturated heterocycles. The first-order chi connectivity index (χ1) is 13.1. The Labute approximate surface area is 161 Å². The maximum absolute atomic E-state index is 12.1. The Hall–Kier alpha value is -2.28. The fourth-order valence-corrected chi connectivity index (χ4v) is 3.09. The fraction of sp³-hybridized carbons (Fsp3) is 0.600. The van der Waals surface area contributed by atoms with Gasteiger partial charge in [0.2, 0.25) is 5.91 Å². The van der Waals surface area contributed by atoms with E-state index in [1.807, 2.05) is 37.8 Å². The minimum atomic E-state index is -0.425. The molecule has 0 spiro atoms. The molecule has 1 aliphatic heterocycles. The molecule has 150 valence electrons. The molecule has 0 saturated carbocycles.